The van der Waals surface area contributed by atoms with Crippen molar-refractivity contribution in [1.82, 2.24) is 0 Å². The first kappa shape index (κ1) is 18.9. The summed E-state index contributed by atoms with van der Waals surface area (Å²) in [5.74, 6) is -2.00. The van der Waals surface area contributed by atoms with Crippen molar-refractivity contribution < 1.29 is 23.9 Å². The molecule has 1 heterocycles. The number of esters is 2. The Balaban J connectivity index is 2.29. The van der Waals surface area contributed by atoms with Gasteiger partial charge in [0.15, 0.2) is 5.78 Å². The molecule has 0 fully saturated rings. The lowest BCUT2D eigenvalue weighted by Crippen LogP contribution is -2.33. The van der Waals surface area contributed by atoms with Gasteiger partial charge in [0.2, 0.25) is 0 Å². The molecule has 0 amide bonds. The fourth-order valence-electron chi connectivity index (χ4n) is 2.75. The van der Waals surface area contributed by atoms with E-state index in [-0.39, 0.29) is 12.2 Å². The van der Waals surface area contributed by atoms with E-state index >= 15 is 0 Å². The molecule has 25 heavy (non-hydrogen) atoms. The van der Waals surface area contributed by atoms with Gasteiger partial charge in [0.05, 0.1) is 5.92 Å². The maximum atomic E-state index is 12.7. The molecule has 0 bridgehead atoms. The van der Waals surface area contributed by atoms with Crippen LogP contribution in [0.1, 0.15) is 50.9 Å². The van der Waals surface area contributed by atoms with E-state index in [0.717, 1.165) is 0 Å². The van der Waals surface area contributed by atoms with Crippen LogP contribution in [-0.2, 0) is 19.1 Å². The molecule has 2 atom stereocenters. The zero-order chi connectivity index (χ0) is 18.6. The van der Waals surface area contributed by atoms with E-state index in [9.17, 15) is 14.4 Å². The Morgan fingerprint density at radius 3 is 2.40 bits per heavy atom. The summed E-state index contributed by atoms with van der Waals surface area (Å²) < 4.78 is 10.7. The van der Waals surface area contributed by atoms with Crippen molar-refractivity contribution in [1.29, 1.82) is 0 Å². The van der Waals surface area contributed by atoms with Crippen LogP contribution in [0.3, 0.4) is 0 Å². The van der Waals surface area contributed by atoms with Gasteiger partial charge in [0.1, 0.15) is 11.7 Å². The van der Waals surface area contributed by atoms with Crippen LogP contribution in [0.25, 0.3) is 0 Å². The first-order valence-corrected chi connectivity index (χ1v) is 8.44. The molecule has 1 aliphatic heterocycles. The number of ether oxygens (including phenoxy) is 2. The van der Waals surface area contributed by atoms with Crippen LogP contribution < -0.4 is 0 Å². The van der Waals surface area contributed by atoms with Gasteiger partial charge in [-0.1, -0.05) is 37.3 Å². The molecule has 2 rings (SSSR count). The molecule has 0 aliphatic carbocycles. The quantitative estimate of drug-likeness (QED) is 0.584. The van der Waals surface area contributed by atoms with Crippen molar-refractivity contribution in [2.24, 2.45) is 5.92 Å². The number of hydrogen-bond donors (Lipinski definition) is 0. The van der Waals surface area contributed by atoms with Gasteiger partial charge >= 0.3 is 11.9 Å². The summed E-state index contributed by atoms with van der Waals surface area (Å²) in [5.41, 5.74) is 0.359. The van der Waals surface area contributed by atoms with Gasteiger partial charge in [-0.3, -0.25) is 9.59 Å². The molecule has 134 valence electrons. The normalized spacial score (nSPS) is 18.3. The van der Waals surface area contributed by atoms with Gasteiger partial charge in [0, 0.05) is 18.1 Å². The number of ketones is 1. The molecule has 0 spiro atoms. The van der Waals surface area contributed by atoms with Crippen molar-refractivity contribution in [3.05, 3.63) is 47.5 Å². The van der Waals surface area contributed by atoms with Gasteiger partial charge in [-0.05, 0) is 32.8 Å². The number of carbonyl (C=O) groups is 3. The van der Waals surface area contributed by atoms with E-state index in [0.29, 0.717) is 17.6 Å². The van der Waals surface area contributed by atoms with Crippen LogP contribution in [0, 0.1) is 5.92 Å². The fourth-order valence-corrected chi connectivity index (χ4v) is 2.75. The van der Waals surface area contributed by atoms with Gasteiger partial charge in [-0.25, -0.2) is 4.79 Å². The Kier molecular flexibility index (Phi) is 5.77. The van der Waals surface area contributed by atoms with E-state index in [1.807, 2.05) is 13.0 Å². The predicted octanol–water partition coefficient (Wildman–Crippen LogP) is 3.48. The molecule has 0 N–H and O–H groups in total. The topological polar surface area (TPSA) is 69.7 Å². The molecule has 1 aromatic carbocycles. The zero-order valence-corrected chi connectivity index (χ0v) is 15.1. The zero-order valence-electron chi connectivity index (χ0n) is 15.1. The largest absolute Gasteiger partial charge is 0.459 e. The number of hydrogen-bond acceptors (Lipinski definition) is 5. The molecular weight excluding hydrogens is 320 g/mol. The van der Waals surface area contributed by atoms with Crippen LogP contribution in [0.2, 0.25) is 0 Å². The van der Waals surface area contributed by atoms with Crippen LogP contribution in [0.5, 0.6) is 0 Å². The first-order valence-electron chi connectivity index (χ1n) is 8.44. The van der Waals surface area contributed by atoms with E-state index in [1.165, 1.54) is 6.08 Å². The second kappa shape index (κ2) is 7.64. The molecule has 0 aromatic heterocycles. The Morgan fingerprint density at radius 1 is 1.20 bits per heavy atom. The minimum absolute atomic E-state index is 0.0576. The summed E-state index contributed by atoms with van der Waals surface area (Å²) in [5, 5.41) is 0. The van der Waals surface area contributed by atoms with E-state index in [4.69, 9.17) is 9.47 Å². The van der Waals surface area contributed by atoms with Crippen LogP contribution in [0.15, 0.2) is 42.0 Å². The van der Waals surface area contributed by atoms with Crippen LogP contribution in [0.4, 0.5) is 0 Å². The van der Waals surface area contributed by atoms with E-state index < -0.39 is 29.6 Å². The lowest BCUT2D eigenvalue weighted by atomic mass is 9.87. The minimum atomic E-state index is -0.830. The molecule has 0 saturated heterocycles. The van der Waals surface area contributed by atoms with Gasteiger partial charge < -0.3 is 9.47 Å². The SMILES string of the molecule is CCC1OC(=O)C=C1C(CC(=O)c1ccccc1)C(=O)OC(C)(C)C. The van der Waals surface area contributed by atoms with Crippen molar-refractivity contribution >= 4 is 17.7 Å². The highest BCUT2D eigenvalue weighted by atomic mass is 16.6. The summed E-state index contributed by atoms with van der Waals surface area (Å²) in [6.45, 7) is 7.16. The molecule has 1 aliphatic rings. The molecular formula is C20H24O5. The third-order valence-electron chi connectivity index (χ3n) is 3.86. The molecule has 1 aromatic rings. The van der Waals surface area contributed by atoms with E-state index in [1.54, 1.807) is 45.0 Å². The Bertz CT molecular complexity index is 682. The summed E-state index contributed by atoms with van der Waals surface area (Å²) in [6, 6.07) is 8.77. The highest BCUT2D eigenvalue weighted by Crippen LogP contribution is 2.31. The van der Waals surface area contributed by atoms with Crippen molar-refractivity contribution in [3.8, 4) is 0 Å². The smallest absolute Gasteiger partial charge is 0.331 e. The van der Waals surface area contributed by atoms with Crippen molar-refractivity contribution in [2.75, 3.05) is 0 Å². The molecule has 0 radical (unpaired) electrons. The average Bonchev–Trinajstić information content (AvgIpc) is 2.92. The first-order chi connectivity index (χ1) is 11.7. The molecule has 5 heteroatoms. The number of carbonyl (C=O) groups excluding carboxylic acids is 3. The third-order valence-corrected chi connectivity index (χ3v) is 3.86. The number of rotatable bonds is 6. The fraction of sp³-hybridized carbons (Fsp3) is 0.450. The summed E-state index contributed by atoms with van der Waals surface area (Å²) in [7, 11) is 0. The molecule has 5 nitrogen and oxygen atoms in total. The van der Waals surface area contributed by atoms with Gasteiger partial charge in [-0.15, -0.1) is 0 Å². The van der Waals surface area contributed by atoms with E-state index in [2.05, 4.69) is 0 Å². The lowest BCUT2D eigenvalue weighted by molar-refractivity contribution is -0.159. The minimum Gasteiger partial charge on any atom is -0.459 e. The summed E-state index contributed by atoms with van der Waals surface area (Å²) >= 11 is 0. The number of cyclic esters (lactones) is 1. The maximum absolute atomic E-state index is 12.7. The van der Waals surface area contributed by atoms with Gasteiger partial charge in [-0.2, -0.15) is 0 Å². The molecule has 0 saturated carbocycles. The summed E-state index contributed by atoms with van der Waals surface area (Å²) in [6.07, 6.45) is 1.31. The highest BCUT2D eigenvalue weighted by molar-refractivity contribution is 5.99. The number of Topliss-reactive ketones (excluding diaryl/α,β-unsaturated/α-hetero) is 1. The second-order valence-electron chi connectivity index (χ2n) is 7.06. The predicted molar refractivity (Wildman–Crippen MR) is 93.0 cm³/mol. The van der Waals surface area contributed by atoms with Crippen molar-refractivity contribution in [3.63, 3.8) is 0 Å². The van der Waals surface area contributed by atoms with Gasteiger partial charge in [0.25, 0.3) is 0 Å². The second-order valence-corrected chi connectivity index (χ2v) is 7.06. The standard InChI is InChI=1S/C20H24O5/c1-5-17-14(12-18(22)24-17)15(19(23)25-20(2,3)4)11-16(21)13-9-7-6-8-10-13/h6-10,12,15,17H,5,11H2,1-4H3. The Labute approximate surface area is 148 Å². The number of benzene rings is 1. The maximum Gasteiger partial charge on any atom is 0.331 e. The van der Waals surface area contributed by atoms with Crippen LogP contribution >= 0.6 is 0 Å². The summed E-state index contributed by atoms with van der Waals surface area (Å²) in [4.78, 5) is 37.0. The van der Waals surface area contributed by atoms with Crippen molar-refractivity contribution in [2.45, 2.75) is 52.2 Å². The monoisotopic (exact) mass is 344 g/mol. The Morgan fingerprint density at radius 2 is 1.84 bits per heavy atom. The third kappa shape index (κ3) is 5.02. The average molecular weight is 344 g/mol. The lowest BCUT2D eigenvalue weighted by Gasteiger charge is -2.26. The highest BCUT2D eigenvalue weighted by Gasteiger charge is 2.38. The molecule has 2 unspecified atom stereocenters. The van der Waals surface area contributed by atoms with Crippen LogP contribution in [-0.4, -0.2) is 29.4 Å². The Hall–Kier alpha value is -2.43.